The van der Waals surface area contributed by atoms with E-state index in [0.717, 1.165) is 11.6 Å². The lowest BCUT2D eigenvalue weighted by Gasteiger charge is -2.43. The molecule has 0 saturated carbocycles. The van der Waals surface area contributed by atoms with E-state index in [-0.39, 0.29) is 31.6 Å². The number of benzene rings is 1. The van der Waals surface area contributed by atoms with Crippen molar-refractivity contribution in [2.24, 2.45) is 5.41 Å². The van der Waals surface area contributed by atoms with Crippen LogP contribution in [0.2, 0.25) is 0 Å². The van der Waals surface area contributed by atoms with Crippen LogP contribution < -0.4 is 0 Å². The fourth-order valence-electron chi connectivity index (χ4n) is 3.79. The van der Waals surface area contributed by atoms with Crippen molar-refractivity contribution in [3.63, 3.8) is 0 Å². The first kappa shape index (κ1) is 20.9. The molecule has 0 radical (unpaired) electrons. The van der Waals surface area contributed by atoms with E-state index in [4.69, 9.17) is 0 Å². The Balaban J connectivity index is 1.73. The SMILES string of the molecule is O=C(c1cc(C(F)F)[nH]n1)N1CC[C@H](O)[C@](CCCc2ccccc2)(C(=O)O)C1. The molecule has 156 valence electrons. The van der Waals surface area contributed by atoms with Crippen molar-refractivity contribution in [3.05, 3.63) is 53.3 Å². The molecule has 1 aliphatic heterocycles. The number of carbonyl (C=O) groups is 2. The summed E-state index contributed by atoms with van der Waals surface area (Å²) in [5, 5.41) is 26.1. The van der Waals surface area contributed by atoms with Gasteiger partial charge in [-0.15, -0.1) is 0 Å². The molecule has 2 atom stereocenters. The monoisotopic (exact) mass is 407 g/mol. The standard InChI is InChI=1S/C20H23F2N3O4/c21-17(22)14-11-15(24-23-14)18(27)25-10-8-16(26)20(12-25,19(28)29)9-4-7-13-5-2-1-3-6-13/h1-3,5-6,11,16-17,26H,4,7-10,12H2,(H,23,24)(H,28,29)/t16-,20+/m0/s1. The molecule has 1 amide bonds. The average molecular weight is 407 g/mol. The smallest absolute Gasteiger partial charge is 0.314 e. The maximum Gasteiger partial charge on any atom is 0.314 e. The quantitative estimate of drug-likeness (QED) is 0.654. The minimum atomic E-state index is -2.79. The largest absolute Gasteiger partial charge is 0.481 e. The number of likely N-dealkylation sites (tertiary alicyclic amines) is 1. The Morgan fingerprint density at radius 2 is 2.03 bits per heavy atom. The van der Waals surface area contributed by atoms with Crippen molar-refractivity contribution in [2.75, 3.05) is 13.1 Å². The van der Waals surface area contributed by atoms with Crippen LogP contribution in [0.5, 0.6) is 0 Å². The van der Waals surface area contributed by atoms with E-state index in [1.165, 1.54) is 4.90 Å². The van der Waals surface area contributed by atoms with Crippen LogP contribution in [-0.4, -0.2) is 56.4 Å². The molecule has 9 heteroatoms. The molecule has 1 fully saturated rings. The van der Waals surface area contributed by atoms with Gasteiger partial charge in [-0.2, -0.15) is 5.10 Å². The van der Waals surface area contributed by atoms with Crippen molar-refractivity contribution in [1.82, 2.24) is 15.1 Å². The minimum absolute atomic E-state index is 0.0928. The number of aliphatic hydroxyl groups excluding tert-OH is 1. The highest BCUT2D eigenvalue weighted by atomic mass is 19.3. The molecule has 0 bridgehead atoms. The number of hydrogen-bond acceptors (Lipinski definition) is 4. The Labute approximate surface area is 166 Å². The number of piperidine rings is 1. The summed E-state index contributed by atoms with van der Waals surface area (Å²) in [6, 6.07) is 10.5. The molecule has 2 aromatic rings. The predicted octanol–water partition coefficient (Wildman–Crippen LogP) is 2.65. The molecule has 3 N–H and O–H groups in total. The van der Waals surface area contributed by atoms with Gasteiger partial charge in [-0.1, -0.05) is 30.3 Å². The molecule has 0 aliphatic carbocycles. The van der Waals surface area contributed by atoms with Gasteiger partial charge in [0.15, 0.2) is 5.69 Å². The number of H-pyrrole nitrogens is 1. The Morgan fingerprint density at radius 3 is 2.66 bits per heavy atom. The summed E-state index contributed by atoms with van der Waals surface area (Å²) in [5.74, 6) is -1.81. The van der Waals surface area contributed by atoms with Crippen LogP contribution in [0.1, 0.15) is 47.4 Å². The molecule has 2 heterocycles. The number of aromatic amines is 1. The molecule has 1 aromatic carbocycles. The number of aryl methyl sites for hydroxylation is 1. The second-order valence-corrected chi connectivity index (χ2v) is 7.34. The molecule has 7 nitrogen and oxygen atoms in total. The van der Waals surface area contributed by atoms with Crippen molar-refractivity contribution in [1.29, 1.82) is 0 Å². The number of nitrogens with one attached hydrogen (secondary N) is 1. The average Bonchev–Trinajstić information content (AvgIpc) is 3.20. The van der Waals surface area contributed by atoms with Gasteiger partial charge in [-0.3, -0.25) is 14.7 Å². The van der Waals surface area contributed by atoms with Crippen LogP contribution in [0, 0.1) is 5.41 Å². The van der Waals surface area contributed by atoms with Crippen molar-refractivity contribution in [3.8, 4) is 0 Å². The molecule has 1 aromatic heterocycles. The van der Waals surface area contributed by atoms with Gasteiger partial charge < -0.3 is 15.1 Å². The normalized spacial score (nSPS) is 22.1. The topological polar surface area (TPSA) is 107 Å². The van der Waals surface area contributed by atoms with Gasteiger partial charge in [0.1, 0.15) is 11.1 Å². The van der Waals surface area contributed by atoms with Crippen LogP contribution in [-0.2, 0) is 11.2 Å². The van der Waals surface area contributed by atoms with E-state index >= 15 is 0 Å². The molecular weight excluding hydrogens is 384 g/mol. The van der Waals surface area contributed by atoms with Crippen molar-refractivity contribution < 1.29 is 28.6 Å². The highest BCUT2D eigenvalue weighted by molar-refractivity contribution is 5.93. The van der Waals surface area contributed by atoms with Gasteiger partial charge in [0.2, 0.25) is 0 Å². The van der Waals surface area contributed by atoms with Crippen LogP contribution in [0.15, 0.2) is 36.4 Å². The number of nitrogens with zero attached hydrogens (tertiary/aromatic N) is 2. The number of carbonyl (C=O) groups excluding carboxylic acids is 1. The number of halogens is 2. The molecular formula is C20H23F2N3O4. The third kappa shape index (κ3) is 4.45. The third-order valence-electron chi connectivity index (χ3n) is 5.48. The fraction of sp³-hybridized carbons (Fsp3) is 0.450. The fourth-order valence-corrected chi connectivity index (χ4v) is 3.79. The van der Waals surface area contributed by atoms with Gasteiger partial charge in [0.25, 0.3) is 12.3 Å². The van der Waals surface area contributed by atoms with E-state index in [2.05, 4.69) is 10.2 Å². The number of rotatable bonds is 7. The van der Waals surface area contributed by atoms with Gasteiger partial charge >= 0.3 is 5.97 Å². The molecule has 29 heavy (non-hydrogen) atoms. The Morgan fingerprint density at radius 1 is 1.31 bits per heavy atom. The summed E-state index contributed by atoms with van der Waals surface area (Å²) in [4.78, 5) is 26.1. The third-order valence-corrected chi connectivity index (χ3v) is 5.48. The zero-order valence-electron chi connectivity index (χ0n) is 15.7. The van der Waals surface area contributed by atoms with Crippen molar-refractivity contribution in [2.45, 2.75) is 38.2 Å². The Bertz CT molecular complexity index is 858. The summed E-state index contributed by atoms with van der Waals surface area (Å²) in [6.45, 7) is -0.0709. The summed E-state index contributed by atoms with van der Waals surface area (Å²) >= 11 is 0. The molecule has 0 unspecified atom stereocenters. The van der Waals surface area contributed by atoms with Gasteiger partial charge in [0, 0.05) is 13.1 Å². The first-order valence-corrected chi connectivity index (χ1v) is 9.41. The van der Waals surface area contributed by atoms with Crippen LogP contribution in [0.4, 0.5) is 8.78 Å². The predicted molar refractivity (Wildman–Crippen MR) is 99.5 cm³/mol. The van der Waals surface area contributed by atoms with Crippen molar-refractivity contribution >= 4 is 11.9 Å². The number of carboxylic acid groups (broad SMARTS) is 1. The van der Waals surface area contributed by atoms with Gasteiger partial charge in [-0.25, -0.2) is 8.78 Å². The van der Waals surface area contributed by atoms with E-state index in [0.29, 0.717) is 12.8 Å². The maximum atomic E-state index is 12.7. The van der Waals surface area contributed by atoms with Crippen LogP contribution in [0.25, 0.3) is 0 Å². The zero-order chi connectivity index (χ0) is 21.0. The summed E-state index contributed by atoms with van der Waals surface area (Å²) in [7, 11) is 0. The number of aromatic nitrogens is 2. The number of alkyl halides is 2. The Hall–Kier alpha value is -2.81. The summed E-state index contributed by atoms with van der Waals surface area (Å²) in [6.07, 6.45) is -2.44. The first-order valence-electron chi connectivity index (χ1n) is 9.41. The molecule has 1 saturated heterocycles. The Kier molecular flexibility index (Phi) is 6.26. The lowest BCUT2D eigenvalue weighted by molar-refractivity contribution is -0.162. The van der Waals surface area contributed by atoms with E-state index < -0.39 is 35.5 Å². The second kappa shape index (κ2) is 8.69. The number of amides is 1. The zero-order valence-corrected chi connectivity index (χ0v) is 15.7. The summed E-state index contributed by atoms with van der Waals surface area (Å²) in [5.41, 5.74) is -1.12. The highest BCUT2D eigenvalue weighted by Crippen LogP contribution is 2.36. The van der Waals surface area contributed by atoms with E-state index in [9.17, 15) is 28.6 Å². The minimum Gasteiger partial charge on any atom is -0.481 e. The van der Waals surface area contributed by atoms with Gasteiger partial charge in [-0.05, 0) is 37.3 Å². The van der Waals surface area contributed by atoms with E-state index in [1.807, 2.05) is 30.3 Å². The molecule has 0 spiro atoms. The second-order valence-electron chi connectivity index (χ2n) is 7.34. The molecule has 1 aliphatic rings. The number of aliphatic carboxylic acids is 1. The summed E-state index contributed by atoms with van der Waals surface area (Å²) < 4.78 is 25.5. The molecule has 3 rings (SSSR count). The van der Waals surface area contributed by atoms with Gasteiger partial charge in [0.05, 0.1) is 6.10 Å². The number of aliphatic hydroxyl groups is 1. The van der Waals surface area contributed by atoms with E-state index in [1.54, 1.807) is 0 Å². The highest BCUT2D eigenvalue weighted by Gasteiger charge is 2.49. The lowest BCUT2D eigenvalue weighted by Crippen LogP contribution is -2.57. The number of hydrogen-bond donors (Lipinski definition) is 3. The maximum absolute atomic E-state index is 12.7. The van der Waals surface area contributed by atoms with Crippen LogP contribution in [0.3, 0.4) is 0 Å². The van der Waals surface area contributed by atoms with Crippen LogP contribution >= 0.6 is 0 Å². The lowest BCUT2D eigenvalue weighted by atomic mass is 9.73. The number of carboxylic acids is 1. The first-order chi connectivity index (χ1) is 13.8.